The van der Waals surface area contributed by atoms with Gasteiger partial charge in [-0.3, -0.25) is 4.79 Å². The van der Waals surface area contributed by atoms with Gasteiger partial charge < -0.3 is 14.6 Å². The minimum atomic E-state index is -0.636. The Morgan fingerprint density at radius 1 is 0.650 bits per heavy atom. The van der Waals surface area contributed by atoms with E-state index < -0.39 is 6.10 Å². The van der Waals surface area contributed by atoms with Crippen molar-refractivity contribution in [3.05, 3.63) is 144 Å². The van der Waals surface area contributed by atoms with Gasteiger partial charge in [-0.25, -0.2) is 0 Å². The quantitative estimate of drug-likeness (QED) is 0.207. The van der Waals surface area contributed by atoms with Gasteiger partial charge in [-0.2, -0.15) is 0 Å². The number of ether oxygens (including phenoxy) is 2. The Labute approximate surface area is 238 Å². The molecule has 0 fully saturated rings. The van der Waals surface area contributed by atoms with Crippen molar-refractivity contribution in [1.29, 1.82) is 0 Å². The van der Waals surface area contributed by atoms with Gasteiger partial charge in [0, 0.05) is 22.3 Å². The fourth-order valence-corrected chi connectivity index (χ4v) is 4.05. The molecule has 206 valence electrons. The van der Waals surface area contributed by atoms with Crippen LogP contribution in [0, 0.1) is 0 Å². The molecule has 0 radical (unpaired) electrons. The molecule has 0 aromatic heterocycles. The van der Waals surface area contributed by atoms with Gasteiger partial charge in [0.15, 0.2) is 5.78 Å². The molecule has 4 aromatic carbocycles. The van der Waals surface area contributed by atoms with E-state index in [0.29, 0.717) is 11.1 Å². The van der Waals surface area contributed by atoms with E-state index in [-0.39, 0.29) is 18.0 Å². The summed E-state index contributed by atoms with van der Waals surface area (Å²) in [6.45, 7) is 15.5. The standard InChI is InChI=1S/C18H20O2.C18H18O2/c2*1-4-14-12-16(10-11-17(14)20-13(2)3)18(19)15-8-6-5-7-9-15/h4-13,18-19H,1H2,2-3H3;4-13H,1H2,2-3H3. The molecule has 1 unspecified atom stereocenters. The zero-order valence-electron chi connectivity index (χ0n) is 23.7. The molecule has 0 aliphatic rings. The molecule has 0 saturated heterocycles. The fourth-order valence-electron chi connectivity index (χ4n) is 4.05. The molecule has 4 nitrogen and oxygen atoms in total. The maximum Gasteiger partial charge on any atom is 0.193 e. The number of hydrogen-bond acceptors (Lipinski definition) is 4. The van der Waals surface area contributed by atoms with Gasteiger partial charge in [-0.05, 0) is 69.2 Å². The summed E-state index contributed by atoms with van der Waals surface area (Å²) in [6, 6.07) is 30.0. The summed E-state index contributed by atoms with van der Waals surface area (Å²) < 4.78 is 11.4. The monoisotopic (exact) mass is 534 g/mol. The third-order valence-corrected chi connectivity index (χ3v) is 5.94. The van der Waals surface area contributed by atoms with Crippen LogP contribution in [0.4, 0.5) is 0 Å². The molecule has 4 rings (SSSR count). The highest BCUT2D eigenvalue weighted by Gasteiger charge is 2.13. The average Bonchev–Trinajstić information content (AvgIpc) is 2.97. The maximum absolute atomic E-state index is 12.4. The van der Waals surface area contributed by atoms with E-state index >= 15 is 0 Å². The van der Waals surface area contributed by atoms with Crippen molar-refractivity contribution in [2.75, 3.05) is 0 Å². The molecule has 4 heteroatoms. The van der Waals surface area contributed by atoms with Crippen molar-refractivity contribution >= 4 is 17.9 Å². The number of hydrogen-bond donors (Lipinski definition) is 1. The molecule has 0 aliphatic carbocycles. The van der Waals surface area contributed by atoms with E-state index in [1.54, 1.807) is 18.2 Å². The first-order chi connectivity index (χ1) is 19.2. The predicted molar refractivity (Wildman–Crippen MR) is 165 cm³/mol. The smallest absolute Gasteiger partial charge is 0.193 e. The van der Waals surface area contributed by atoms with E-state index in [1.165, 1.54) is 0 Å². The highest BCUT2D eigenvalue weighted by atomic mass is 16.5. The summed E-state index contributed by atoms with van der Waals surface area (Å²) in [5.74, 6) is 1.54. The summed E-state index contributed by atoms with van der Waals surface area (Å²) in [4.78, 5) is 12.4. The molecule has 0 saturated carbocycles. The van der Waals surface area contributed by atoms with E-state index in [9.17, 15) is 9.90 Å². The average molecular weight is 535 g/mol. The van der Waals surface area contributed by atoms with Crippen molar-refractivity contribution in [3.63, 3.8) is 0 Å². The topological polar surface area (TPSA) is 55.8 Å². The Balaban J connectivity index is 0.000000220. The molecule has 1 atom stereocenters. The van der Waals surface area contributed by atoms with Gasteiger partial charge in [0.25, 0.3) is 0 Å². The highest BCUT2D eigenvalue weighted by Crippen LogP contribution is 2.28. The molecule has 0 amide bonds. The lowest BCUT2D eigenvalue weighted by Gasteiger charge is -2.16. The maximum atomic E-state index is 12.4. The number of benzene rings is 4. The van der Waals surface area contributed by atoms with E-state index in [1.807, 2.05) is 119 Å². The van der Waals surface area contributed by atoms with Crippen molar-refractivity contribution in [1.82, 2.24) is 0 Å². The van der Waals surface area contributed by atoms with Crippen LogP contribution in [0.5, 0.6) is 11.5 Å². The van der Waals surface area contributed by atoms with E-state index in [4.69, 9.17) is 9.47 Å². The van der Waals surface area contributed by atoms with Crippen molar-refractivity contribution in [2.45, 2.75) is 46.0 Å². The van der Waals surface area contributed by atoms with E-state index in [0.717, 1.165) is 33.8 Å². The normalized spacial score (nSPS) is 11.3. The summed E-state index contributed by atoms with van der Waals surface area (Å²) >= 11 is 0. The second-order valence-corrected chi connectivity index (χ2v) is 9.80. The van der Waals surface area contributed by atoms with Gasteiger partial charge in [0.1, 0.15) is 17.6 Å². The van der Waals surface area contributed by atoms with Crippen LogP contribution in [0.1, 0.15) is 72.0 Å². The first-order valence-electron chi connectivity index (χ1n) is 13.4. The molecular formula is C36H38O4. The van der Waals surface area contributed by atoms with Crippen LogP contribution in [0.25, 0.3) is 12.2 Å². The Morgan fingerprint density at radius 2 is 1.15 bits per heavy atom. The zero-order chi connectivity index (χ0) is 29.1. The lowest BCUT2D eigenvalue weighted by Crippen LogP contribution is -2.08. The van der Waals surface area contributed by atoms with Crippen LogP contribution in [-0.2, 0) is 0 Å². The van der Waals surface area contributed by atoms with Crippen molar-refractivity contribution < 1.29 is 19.4 Å². The largest absolute Gasteiger partial charge is 0.490 e. The Morgan fingerprint density at radius 3 is 1.68 bits per heavy atom. The Kier molecular flexibility index (Phi) is 11.0. The lowest BCUT2D eigenvalue weighted by atomic mass is 9.99. The SMILES string of the molecule is C=Cc1cc(C(=O)c2ccccc2)ccc1OC(C)C.C=Cc1cc(C(O)c2ccccc2)ccc1OC(C)C. The number of rotatable bonds is 10. The molecule has 1 N–H and O–H groups in total. The first-order valence-corrected chi connectivity index (χ1v) is 13.4. The van der Waals surface area contributed by atoms with Crippen LogP contribution in [-0.4, -0.2) is 23.1 Å². The zero-order valence-corrected chi connectivity index (χ0v) is 23.7. The summed E-state index contributed by atoms with van der Waals surface area (Å²) in [5.41, 5.74) is 4.76. The molecule has 0 spiro atoms. The van der Waals surface area contributed by atoms with E-state index in [2.05, 4.69) is 13.2 Å². The highest BCUT2D eigenvalue weighted by molar-refractivity contribution is 6.09. The minimum Gasteiger partial charge on any atom is -0.490 e. The third kappa shape index (κ3) is 8.29. The van der Waals surface area contributed by atoms with Gasteiger partial charge in [0.2, 0.25) is 0 Å². The van der Waals surface area contributed by atoms with Gasteiger partial charge >= 0.3 is 0 Å². The fraction of sp³-hybridized carbons (Fsp3) is 0.194. The molecular weight excluding hydrogens is 496 g/mol. The van der Waals surface area contributed by atoms with Crippen LogP contribution in [0.15, 0.2) is 110 Å². The molecule has 40 heavy (non-hydrogen) atoms. The number of aliphatic hydroxyl groups excluding tert-OH is 1. The molecule has 0 aliphatic heterocycles. The van der Waals surface area contributed by atoms with Crippen LogP contribution < -0.4 is 9.47 Å². The summed E-state index contributed by atoms with van der Waals surface area (Å²) in [7, 11) is 0. The van der Waals surface area contributed by atoms with Gasteiger partial charge in [-0.15, -0.1) is 0 Å². The summed E-state index contributed by atoms with van der Waals surface area (Å²) in [6.07, 6.45) is 3.02. The lowest BCUT2D eigenvalue weighted by molar-refractivity contribution is 0.103. The Hall–Kier alpha value is -4.41. The van der Waals surface area contributed by atoms with Crippen molar-refractivity contribution in [3.8, 4) is 11.5 Å². The third-order valence-electron chi connectivity index (χ3n) is 5.94. The second kappa shape index (κ2) is 14.7. The molecule has 4 aromatic rings. The molecule has 0 heterocycles. The number of aliphatic hydroxyl groups is 1. The first kappa shape index (κ1) is 30.1. The minimum absolute atomic E-state index is 0.00444. The van der Waals surface area contributed by atoms with Crippen LogP contribution in [0.3, 0.4) is 0 Å². The van der Waals surface area contributed by atoms with Gasteiger partial charge in [0.05, 0.1) is 12.2 Å². The second-order valence-electron chi connectivity index (χ2n) is 9.80. The predicted octanol–water partition coefficient (Wildman–Crippen LogP) is 8.55. The molecule has 0 bridgehead atoms. The number of ketones is 1. The number of carbonyl (C=O) groups excluding carboxylic acids is 1. The Bertz CT molecular complexity index is 1410. The van der Waals surface area contributed by atoms with Crippen molar-refractivity contribution in [2.24, 2.45) is 0 Å². The summed E-state index contributed by atoms with van der Waals surface area (Å²) in [5, 5.41) is 10.4. The van der Waals surface area contributed by atoms with Crippen LogP contribution in [0.2, 0.25) is 0 Å². The van der Waals surface area contributed by atoms with Gasteiger partial charge in [-0.1, -0.05) is 92.0 Å². The van der Waals surface area contributed by atoms with Crippen LogP contribution >= 0.6 is 0 Å². The number of carbonyl (C=O) groups is 1.